The zero-order chi connectivity index (χ0) is 32.1. The lowest BCUT2D eigenvalue weighted by atomic mass is 10.1. The summed E-state index contributed by atoms with van der Waals surface area (Å²) in [5.41, 5.74) is -2.17. The molecule has 5 rings (SSSR count). The van der Waals surface area contributed by atoms with E-state index in [-0.39, 0.29) is 70.6 Å². The van der Waals surface area contributed by atoms with Gasteiger partial charge in [0.15, 0.2) is 21.3 Å². The molecule has 1 N–H and O–H groups in total. The van der Waals surface area contributed by atoms with Crippen molar-refractivity contribution in [2.75, 3.05) is 30.8 Å². The fraction of sp³-hybridized carbons (Fsp3) is 0.300. The van der Waals surface area contributed by atoms with E-state index in [1.165, 1.54) is 30.5 Å². The summed E-state index contributed by atoms with van der Waals surface area (Å²) in [5.74, 6) is -3.16. The topological polar surface area (TPSA) is 139 Å². The SMILES string of the molecule is C=CC(=O)N1CCN(c2nc(=O)n(-c3c(S(C)(=O)=O)ccnc3C(C)C)c3nc(-c4c(O)cccc4F)c(F)cc23)C(C)C1. The van der Waals surface area contributed by atoms with Gasteiger partial charge in [0.1, 0.15) is 23.1 Å². The first kappa shape index (κ1) is 30.7. The number of sulfone groups is 1. The Labute approximate surface area is 252 Å². The number of halogens is 2. The molecule has 44 heavy (non-hydrogen) atoms. The van der Waals surface area contributed by atoms with Crippen molar-refractivity contribution in [1.29, 1.82) is 0 Å². The molecule has 1 unspecified atom stereocenters. The number of benzene rings is 1. The average molecular weight is 625 g/mol. The van der Waals surface area contributed by atoms with Crippen molar-refractivity contribution < 1.29 is 27.1 Å². The number of phenols is 1. The number of amides is 1. The molecule has 230 valence electrons. The van der Waals surface area contributed by atoms with E-state index in [1.54, 1.807) is 30.6 Å². The lowest BCUT2D eigenvalue weighted by Gasteiger charge is -2.40. The van der Waals surface area contributed by atoms with Crippen molar-refractivity contribution >= 4 is 32.6 Å². The fourth-order valence-corrected chi connectivity index (χ4v) is 6.30. The maximum Gasteiger partial charge on any atom is 0.355 e. The van der Waals surface area contributed by atoms with Crippen molar-refractivity contribution in [1.82, 2.24) is 24.4 Å². The standard InChI is InChI=1S/C30H30F2N6O5S/c1-6-23(40)36-12-13-37(17(4)15-36)28-18-14-20(32)26(24-19(31)8-7-9-21(24)39)34-29(18)38(30(41)35-28)27-22(44(5,42)43)10-11-33-25(27)16(2)3/h6-11,14,16-17,39H,1,12-13,15H2,2-5H3. The summed E-state index contributed by atoms with van der Waals surface area (Å²) in [4.78, 5) is 42.4. The Balaban J connectivity index is 1.90. The Hall–Kier alpha value is -4.72. The van der Waals surface area contributed by atoms with E-state index in [4.69, 9.17) is 0 Å². The normalized spacial score (nSPS) is 15.7. The lowest BCUT2D eigenvalue weighted by molar-refractivity contribution is -0.126. The molecule has 14 heteroatoms. The van der Waals surface area contributed by atoms with Crippen LogP contribution in [-0.2, 0) is 14.6 Å². The van der Waals surface area contributed by atoms with Crippen LogP contribution < -0.4 is 10.6 Å². The van der Waals surface area contributed by atoms with Gasteiger partial charge in [0.25, 0.3) is 0 Å². The van der Waals surface area contributed by atoms with Crippen molar-refractivity contribution in [3.05, 3.63) is 77.0 Å². The van der Waals surface area contributed by atoms with Gasteiger partial charge in [-0.05, 0) is 43.2 Å². The first-order valence-electron chi connectivity index (χ1n) is 13.7. The number of phenolic OH excluding ortho intramolecular Hbond substituents is 1. The molecule has 4 heterocycles. The van der Waals surface area contributed by atoms with Gasteiger partial charge in [0.05, 0.1) is 27.2 Å². The van der Waals surface area contributed by atoms with Gasteiger partial charge >= 0.3 is 5.69 Å². The van der Waals surface area contributed by atoms with E-state index >= 15 is 4.39 Å². The summed E-state index contributed by atoms with van der Waals surface area (Å²) < 4.78 is 57.8. The third-order valence-corrected chi connectivity index (χ3v) is 8.63. The molecular weight excluding hydrogens is 594 g/mol. The van der Waals surface area contributed by atoms with E-state index in [2.05, 4.69) is 21.5 Å². The molecule has 4 aromatic rings. The summed E-state index contributed by atoms with van der Waals surface area (Å²) in [7, 11) is -3.95. The highest BCUT2D eigenvalue weighted by Crippen LogP contribution is 2.37. The number of carbonyl (C=O) groups excluding carboxylic acids is 1. The van der Waals surface area contributed by atoms with Gasteiger partial charge < -0.3 is 14.9 Å². The molecule has 11 nitrogen and oxygen atoms in total. The maximum absolute atomic E-state index is 15.9. The van der Waals surface area contributed by atoms with Crippen molar-refractivity contribution in [2.24, 2.45) is 0 Å². The van der Waals surface area contributed by atoms with E-state index in [9.17, 15) is 27.5 Å². The van der Waals surface area contributed by atoms with Crippen molar-refractivity contribution in [2.45, 2.75) is 37.6 Å². The zero-order valence-corrected chi connectivity index (χ0v) is 25.3. The minimum Gasteiger partial charge on any atom is -0.507 e. The van der Waals surface area contributed by atoms with Crippen LogP contribution in [0.2, 0.25) is 0 Å². The first-order valence-corrected chi connectivity index (χ1v) is 15.6. The summed E-state index contributed by atoms with van der Waals surface area (Å²) in [6.45, 7) is 9.59. The van der Waals surface area contributed by atoms with Crippen LogP contribution in [0.5, 0.6) is 5.75 Å². The molecule has 1 amide bonds. The number of hydrogen-bond acceptors (Lipinski definition) is 9. The van der Waals surface area contributed by atoms with Crippen molar-refractivity contribution in [3.8, 4) is 22.7 Å². The quantitative estimate of drug-likeness (QED) is 0.319. The number of nitrogens with zero attached hydrogens (tertiary/aromatic N) is 6. The first-order chi connectivity index (χ1) is 20.7. The molecule has 1 fully saturated rings. The Morgan fingerprint density at radius 3 is 2.50 bits per heavy atom. The second kappa shape index (κ2) is 11.4. The summed E-state index contributed by atoms with van der Waals surface area (Å²) >= 11 is 0. The van der Waals surface area contributed by atoms with E-state index in [1.807, 2.05) is 0 Å². The number of carbonyl (C=O) groups is 1. The second-order valence-corrected chi connectivity index (χ2v) is 12.9. The van der Waals surface area contributed by atoms with Crippen LogP contribution in [0, 0.1) is 11.6 Å². The smallest absolute Gasteiger partial charge is 0.355 e. The van der Waals surface area contributed by atoms with Crippen LogP contribution in [0.15, 0.2) is 58.9 Å². The minimum atomic E-state index is -3.95. The van der Waals surface area contributed by atoms with Gasteiger partial charge in [-0.15, -0.1) is 0 Å². The summed E-state index contributed by atoms with van der Waals surface area (Å²) in [5, 5.41) is 10.5. The third kappa shape index (κ3) is 5.29. The van der Waals surface area contributed by atoms with Crippen molar-refractivity contribution in [3.63, 3.8) is 0 Å². The van der Waals surface area contributed by atoms with Crippen LogP contribution in [-0.4, -0.2) is 75.8 Å². The Morgan fingerprint density at radius 2 is 1.89 bits per heavy atom. The van der Waals surface area contributed by atoms with Gasteiger partial charge in [0, 0.05) is 38.1 Å². The Kier molecular flexibility index (Phi) is 7.97. The Bertz CT molecular complexity index is 1980. The molecule has 0 saturated carbocycles. The lowest BCUT2D eigenvalue weighted by Crippen LogP contribution is -2.54. The van der Waals surface area contributed by atoms with E-state index in [0.29, 0.717) is 0 Å². The monoisotopic (exact) mass is 624 g/mol. The fourth-order valence-electron chi connectivity index (χ4n) is 5.45. The van der Waals surface area contributed by atoms with Gasteiger partial charge in [-0.25, -0.2) is 31.5 Å². The molecule has 3 aromatic heterocycles. The van der Waals surface area contributed by atoms with Crippen LogP contribution in [0.3, 0.4) is 0 Å². The molecule has 1 aliphatic heterocycles. The van der Waals surface area contributed by atoms with Gasteiger partial charge in [-0.1, -0.05) is 26.5 Å². The summed E-state index contributed by atoms with van der Waals surface area (Å²) in [6.07, 6.45) is 3.49. The molecular formula is C30H30F2N6O5S. The summed E-state index contributed by atoms with van der Waals surface area (Å²) in [6, 6.07) is 5.33. The molecule has 0 aliphatic carbocycles. The van der Waals surface area contributed by atoms with Crippen LogP contribution in [0.25, 0.3) is 28.0 Å². The van der Waals surface area contributed by atoms with Gasteiger partial charge in [0.2, 0.25) is 5.91 Å². The number of pyridine rings is 2. The largest absolute Gasteiger partial charge is 0.507 e. The number of aromatic nitrogens is 4. The van der Waals surface area contributed by atoms with Gasteiger partial charge in [-0.2, -0.15) is 4.98 Å². The number of anilines is 1. The highest BCUT2D eigenvalue weighted by molar-refractivity contribution is 7.90. The number of fused-ring (bicyclic) bond motifs is 1. The number of piperazine rings is 1. The third-order valence-electron chi connectivity index (χ3n) is 7.50. The van der Waals surface area contributed by atoms with Crippen LogP contribution in [0.1, 0.15) is 32.4 Å². The highest BCUT2D eigenvalue weighted by Gasteiger charge is 2.32. The molecule has 1 aromatic carbocycles. The predicted octanol–water partition coefficient (Wildman–Crippen LogP) is 3.58. The number of aromatic hydroxyl groups is 1. The van der Waals surface area contributed by atoms with Crippen LogP contribution in [0.4, 0.5) is 14.6 Å². The highest BCUT2D eigenvalue weighted by atomic mass is 32.2. The van der Waals surface area contributed by atoms with E-state index < -0.39 is 44.2 Å². The minimum absolute atomic E-state index is 0.0232. The second-order valence-electron chi connectivity index (χ2n) is 10.9. The molecule has 1 atom stereocenters. The van der Waals surface area contributed by atoms with E-state index in [0.717, 1.165) is 23.0 Å². The molecule has 1 aliphatic rings. The number of hydrogen-bond donors (Lipinski definition) is 1. The average Bonchev–Trinajstić information content (AvgIpc) is 2.96. The molecule has 1 saturated heterocycles. The number of rotatable bonds is 6. The maximum atomic E-state index is 15.9. The molecule has 0 bridgehead atoms. The Morgan fingerprint density at radius 1 is 1.16 bits per heavy atom. The molecule has 0 radical (unpaired) electrons. The zero-order valence-electron chi connectivity index (χ0n) is 24.5. The van der Waals surface area contributed by atoms with Crippen LogP contribution >= 0.6 is 0 Å². The molecule has 0 spiro atoms. The van der Waals surface area contributed by atoms with Gasteiger partial charge in [-0.3, -0.25) is 9.78 Å². The predicted molar refractivity (Wildman–Crippen MR) is 161 cm³/mol.